The number of unbranched alkanes of at least 4 members (excludes halogenated alkanes) is 1. The molecule has 0 saturated heterocycles. The number of pyridine rings is 1. The molecular weight excluding hydrogens is 252 g/mol. The lowest BCUT2D eigenvalue weighted by atomic mass is 10.2. The highest BCUT2D eigenvalue weighted by Crippen LogP contribution is 2.24. The number of hydrazine groups is 1. The van der Waals surface area contributed by atoms with Crippen LogP contribution in [0.15, 0.2) is 12.1 Å². The van der Waals surface area contributed by atoms with Crippen LogP contribution in [0.2, 0.25) is 0 Å². The van der Waals surface area contributed by atoms with Crippen LogP contribution in [0.25, 0.3) is 0 Å². The van der Waals surface area contributed by atoms with Crippen molar-refractivity contribution in [3.63, 3.8) is 0 Å². The Hall–Kier alpha value is -2.22. The number of aryl methyl sites for hydroxylation is 1. The van der Waals surface area contributed by atoms with E-state index < -0.39 is 4.92 Å². The SMILES string of the molecule is Cc1ccc(OCCCCC(=O)NN)c([N+](=O)[O-])n1. The highest BCUT2D eigenvalue weighted by Gasteiger charge is 2.17. The molecule has 8 nitrogen and oxygen atoms in total. The van der Waals surface area contributed by atoms with Gasteiger partial charge in [0.05, 0.1) is 6.61 Å². The van der Waals surface area contributed by atoms with Crippen LogP contribution < -0.4 is 16.0 Å². The first kappa shape index (κ1) is 14.8. The summed E-state index contributed by atoms with van der Waals surface area (Å²) >= 11 is 0. The Bertz CT molecular complexity index is 464. The molecule has 0 aromatic carbocycles. The van der Waals surface area contributed by atoms with E-state index in [0.717, 1.165) is 0 Å². The Morgan fingerprint density at radius 2 is 2.26 bits per heavy atom. The van der Waals surface area contributed by atoms with Gasteiger partial charge in [0.1, 0.15) is 5.69 Å². The molecule has 8 heteroatoms. The van der Waals surface area contributed by atoms with Gasteiger partial charge in [-0.1, -0.05) is 0 Å². The van der Waals surface area contributed by atoms with Crippen molar-refractivity contribution in [1.29, 1.82) is 0 Å². The number of carbonyl (C=O) groups is 1. The molecule has 0 atom stereocenters. The Kier molecular flexibility index (Phi) is 5.68. The van der Waals surface area contributed by atoms with Gasteiger partial charge < -0.3 is 14.9 Å². The Balaban J connectivity index is 2.45. The summed E-state index contributed by atoms with van der Waals surface area (Å²) in [5.41, 5.74) is 2.58. The number of amides is 1. The van der Waals surface area contributed by atoms with Gasteiger partial charge in [-0.2, -0.15) is 0 Å². The molecule has 104 valence electrons. The molecule has 0 saturated carbocycles. The molecule has 1 amide bonds. The van der Waals surface area contributed by atoms with Crippen molar-refractivity contribution in [2.75, 3.05) is 6.61 Å². The first-order chi connectivity index (χ1) is 9.04. The Morgan fingerprint density at radius 1 is 1.53 bits per heavy atom. The summed E-state index contributed by atoms with van der Waals surface area (Å²) in [6.07, 6.45) is 1.49. The van der Waals surface area contributed by atoms with Crippen LogP contribution in [0.3, 0.4) is 0 Å². The number of nitrogens with two attached hydrogens (primary N) is 1. The second kappa shape index (κ2) is 7.27. The predicted octanol–water partition coefficient (Wildman–Crippen LogP) is 0.837. The van der Waals surface area contributed by atoms with E-state index in [1.54, 1.807) is 13.0 Å². The highest BCUT2D eigenvalue weighted by molar-refractivity contribution is 5.75. The molecule has 1 heterocycles. The lowest BCUT2D eigenvalue weighted by Crippen LogP contribution is -2.29. The van der Waals surface area contributed by atoms with Crippen molar-refractivity contribution in [2.45, 2.75) is 26.2 Å². The summed E-state index contributed by atoms with van der Waals surface area (Å²) < 4.78 is 5.30. The number of aromatic nitrogens is 1. The number of hydrogen-bond acceptors (Lipinski definition) is 6. The number of hydrogen-bond donors (Lipinski definition) is 2. The number of nitro groups is 1. The van der Waals surface area contributed by atoms with Crippen molar-refractivity contribution in [1.82, 2.24) is 10.4 Å². The minimum absolute atomic E-state index is 0.138. The van der Waals surface area contributed by atoms with Gasteiger partial charge in [0, 0.05) is 13.3 Å². The topological polar surface area (TPSA) is 120 Å². The second-order valence-electron chi connectivity index (χ2n) is 3.90. The standard InChI is InChI=1S/C11H16N4O4/c1-8-5-6-9(11(13-8)15(17)18)19-7-3-2-4-10(16)14-12/h5-6H,2-4,7,12H2,1H3,(H,14,16). The van der Waals surface area contributed by atoms with Crippen molar-refractivity contribution < 1.29 is 14.5 Å². The molecule has 1 aromatic rings. The van der Waals surface area contributed by atoms with Gasteiger partial charge >= 0.3 is 5.82 Å². The maximum absolute atomic E-state index is 10.8. The molecular formula is C11H16N4O4. The normalized spacial score (nSPS) is 10.0. The van der Waals surface area contributed by atoms with Crippen LogP contribution in [0.5, 0.6) is 5.75 Å². The molecule has 0 aliphatic carbocycles. The Morgan fingerprint density at radius 3 is 2.89 bits per heavy atom. The van der Waals surface area contributed by atoms with Crippen molar-refractivity contribution in [3.8, 4) is 5.75 Å². The monoisotopic (exact) mass is 268 g/mol. The van der Waals surface area contributed by atoms with Gasteiger partial charge in [-0.25, -0.2) is 5.84 Å². The van der Waals surface area contributed by atoms with Crippen LogP contribution in [0.1, 0.15) is 25.0 Å². The number of rotatable bonds is 7. The molecule has 0 unspecified atom stereocenters. The average Bonchev–Trinajstić information content (AvgIpc) is 2.39. The maximum atomic E-state index is 10.8. The van der Waals surface area contributed by atoms with E-state index >= 15 is 0 Å². The maximum Gasteiger partial charge on any atom is 0.406 e. The molecule has 0 spiro atoms. The molecule has 0 bridgehead atoms. The quantitative estimate of drug-likeness (QED) is 0.248. The zero-order valence-electron chi connectivity index (χ0n) is 10.6. The average molecular weight is 268 g/mol. The summed E-state index contributed by atoms with van der Waals surface area (Å²) in [6.45, 7) is 1.95. The summed E-state index contributed by atoms with van der Waals surface area (Å²) in [7, 11) is 0. The van der Waals surface area contributed by atoms with Gasteiger partial charge in [-0.3, -0.25) is 10.2 Å². The van der Waals surface area contributed by atoms with E-state index in [2.05, 4.69) is 4.98 Å². The number of nitrogens with zero attached hydrogens (tertiary/aromatic N) is 2. The van der Waals surface area contributed by atoms with Crippen LogP contribution >= 0.6 is 0 Å². The molecule has 19 heavy (non-hydrogen) atoms. The van der Waals surface area contributed by atoms with Gasteiger partial charge in [-0.15, -0.1) is 0 Å². The largest absolute Gasteiger partial charge is 0.486 e. The first-order valence-electron chi connectivity index (χ1n) is 5.79. The highest BCUT2D eigenvalue weighted by atomic mass is 16.6. The van der Waals surface area contributed by atoms with E-state index in [9.17, 15) is 14.9 Å². The molecule has 0 aliphatic rings. The van der Waals surface area contributed by atoms with Gasteiger partial charge in [0.15, 0.2) is 0 Å². The van der Waals surface area contributed by atoms with E-state index in [0.29, 0.717) is 25.0 Å². The van der Waals surface area contributed by atoms with Crippen LogP contribution in [0.4, 0.5) is 5.82 Å². The molecule has 1 aromatic heterocycles. The lowest BCUT2D eigenvalue weighted by molar-refractivity contribution is -0.390. The number of nitrogens with one attached hydrogen (secondary N) is 1. The van der Waals surface area contributed by atoms with Crippen LogP contribution in [-0.4, -0.2) is 22.4 Å². The van der Waals surface area contributed by atoms with E-state index in [-0.39, 0.29) is 24.1 Å². The first-order valence-corrected chi connectivity index (χ1v) is 5.79. The molecule has 0 aliphatic heterocycles. The van der Waals surface area contributed by atoms with Gasteiger partial charge in [-0.05, 0) is 34.9 Å². The Labute approximate surface area is 110 Å². The minimum atomic E-state index is -0.579. The van der Waals surface area contributed by atoms with E-state index in [4.69, 9.17) is 10.6 Å². The van der Waals surface area contributed by atoms with E-state index in [1.807, 2.05) is 5.43 Å². The molecule has 0 radical (unpaired) electrons. The zero-order valence-corrected chi connectivity index (χ0v) is 10.6. The lowest BCUT2D eigenvalue weighted by Gasteiger charge is -2.06. The summed E-state index contributed by atoms with van der Waals surface area (Å²) in [4.78, 5) is 24.9. The zero-order chi connectivity index (χ0) is 14.3. The summed E-state index contributed by atoms with van der Waals surface area (Å²) in [5.74, 6) is 4.53. The fourth-order valence-electron chi connectivity index (χ4n) is 1.42. The van der Waals surface area contributed by atoms with Crippen LogP contribution in [-0.2, 0) is 4.79 Å². The fraction of sp³-hybridized carbons (Fsp3) is 0.455. The van der Waals surface area contributed by atoms with Gasteiger partial charge in [0.2, 0.25) is 11.7 Å². The fourth-order valence-corrected chi connectivity index (χ4v) is 1.42. The minimum Gasteiger partial charge on any atom is -0.486 e. The third-order valence-corrected chi connectivity index (χ3v) is 2.37. The third kappa shape index (κ3) is 4.88. The molecule has 0 fully saturated rings. The van der Waals surface area contributed by atoms with E-state index in [1.165, 1.54) is 6.07 Å². The third-order valence-electron chi connectivity index (χ3n) is 2.37. The smallest absolute Gasteiger partial charge is 0.406 e. The summed E-state index contributed by atoms with van der Waals surface area (Å²) in [6, 6.07) is 3.16. The summed E-state index contributed by atoms with van der Waals surface area (Å²) in [5, 5.41) is 10.8. The van der Waals surface area contributed by atoms with Crippen LogP contribution in [0, 0.1) is 17.0 Å². The molecule has 1 rings (SSSR count). The number of carbonyl (C=O) groups excluding carboxylic acids is 1. The molecule has 3 N–H and O–H groups in total. The van der Waals surface area contributed by atoms with Crippen molar-refractivity contribution in [3.05, 3.63) is 27.9 Å². The second-order valence-corrected chi connectivity index (χ2v) is 3.90. The number of ether oxygens (including phenoxy) is 1. The van der Waals surface area contributed by atoms with Gasteiger partial charge in [0.25, 0.3) is 0 Å². The predicted molar refractivity (Wildman–Crippen MR) is 67.3 cm³/mol. The van der Waals surface area contributed by atoms with Crippen molar-refractivity contribution in [2.24, 2.45) is 5.84 Å². The van der Waals surface area contributed by atoms with Crippen molar-refractivity contribution >= 4 is 11.7 Å².